The van der Waals surface area contributed by atoms with Crippen LogP contribution < -0.4 is 0 Å². The minimum atomic E-state index is -4.93. The molecule has 8 unspecified atom stereocenters. The van der Waals surface area contributed by atoms with Crippen LogP contribution in [0.4, 0.5) is 4.39 Å². The average molecular weight is 495 g/mol. The number of aliphatic hydroxyl groups is 2. The van der Waals surface area contributed by atoms with E-state index >= 15 is 4.39 Å². The Morgan fingerprint density at radius 3 is 2.55 bits per heavy atom. The van der Waals surface area contributed by atoms with Gasteiger partial charge in [0.15, 0.2) is 17.2 Å². The number of rotatable bonds is 4. The zero-order valence-electron chi connectivity index (χ0n) is 19.3. The molecule has 3 saturated carbocycles. The Hall–Kier alpha value is -0.220. The minimum absolute atomic E-state index is 0. The first-order chi connectivity index (χ1) is 14.6. The number of hydrogen-bond acceptors (Lipinski definition) is 6. The molecule has 179 valence electrons. The summed E-state index contributed by atoms with van der Waals surface area (Å²) in [5.74, 6) is -2.87. The van der Waals surface area contributed by atoms with Crippen LogP contribution in [0.3, 0.4) is 0 Å². The van der Waals surface area contributed by atoms with Crippen LogP contribution in [0, 0.1) is 28.6 Å². The van der Waals surface area contributed by atoms with Crippen molar-refractivity contribution in [2.24, 2.45) is 28.6 Å². The Kier molecular flexibility index (Phi) is 6.99. The Morgan fingerprint density at radius 1 is 1.30 bits per heavy atom. The van der Waals surface area contributed by atoms with Crippen molar-refractivity contribution >= 4 is 48.9 Å². The van der Waals surface area contributed by atoms with Gasteiger partial charge in [-0.3, -0.25) is 14.1 Å². The summed E-state index contributed by atoms with van der Waals surface area (Å²) in [6.07, 6.45) is 3.70. The molecule has 8 atom stereocenters. The van der Waals surface area contributed by atoms with Crippen LogP contribution in [0.25, 0.3) is 0 Å². The zero-order chi connectivity index (χ0) is 23.9. The Bertz CT molecular complexity index is 979. The predicted molar refractivity (Wildman–Crippen MR) is 117 cm³/mol. The van der Waals surface area contributed by atoms with Crippen LogP contribution in [0.15, 0.2) is 23.8 Å². The molecule has 1 radical (unpaired) electrons. The van der Waals surface area contributed by atoms with E-state index in [9.17, 15) is 24.4 Å². The van der Waals surface area contributed by atoms with Gasteiger partial charge in [0.05, 0.1) is 6.10 Å². The van der Waals surface area contributed by atoms with E-state index in [0.29, 0.717) is 24.8 Å². The molecular formula is C22H30FNaO8P. The fourth-order valence-electron chi connectivity index (χ4n) is 7.39. The second kappa shape index (κ2) is 8.43. The first-order valence-electron chi connectivity index (χ1n) is 10.9. The third kappa shape index (κ3) is 3.66. The molecule has 33 heavy (non-hydrogen) atoms. The van der Waals surface area contributed by atoms with Crippen LogP contribution in [0.2, 0.25) is 0 Å². The molecule has 0 aromatic carbocycles. The van der Waals surface area contributed by atoms with Crippen LogP contribution in [-0.4, -0.2) is 85.1 Å². The summed E-state index contributed by atoms with van der Waals surface area (Å²) in [4.78, 5) is 42.8. The van der Waals surface area contributed by atoms with Gasteiger partial charge in [0.2, 0.25) is 0 Å². The smallest absolute Gasteiger partial charge is 0.390 e. The van der Waals surface area contributed by atoms with Gasteiger partial charge in [-0.2, -0.15) is 0 Å². The molecule has 0 heterocycles. The van der Waals surface area contributed by atoms with Crippen molar-refractivity contribution in [1.29, 1.82) is 0 Å². The number of Topliss-reactive ketones (excluding diaryl/α,β-unsaturated/α-hetero) is 1. The molecule has 4 N–H and O–H groups in total. The molecule has 0 aromatic rings. The third-order valence-corrected chi connectivity index (χ3v) is 9.48. The molecule has 4 rings (SSSR count). The molecule has 3 fully saturated rings. The van der Waals surface area contributed by atoms with E-state index in [1.165, 1.54) is 18.2 Å². The van der Waals surface area contributed by atoms with Crippen molar-refractivity contribution in [3.8, 4) is 0 Å². The molecule has 0 bridgehead atoms. The van der Waals surface area contributed by atoms with E-state index in [4.69, 9.17) is 9.79 Å². The van der Waals surface area contributed by atoms with Gasteiger partial charge in [0, 0.05) is 46.3 Å². The number of fused-ring (bicyclic) bond motifs is 5. The van der Waals surface area contributed by atoms with Crippen molar-refractivity contribution in [2.75, 3.05) is 6.61 Å². The number of allylic oxidation sites excluding steroid dienone is 4. The van der Waals surface area contributed by atoms with E-state index in [1.807, 2.05) is 0 Å². The molecule has 0 aliphatic heterocycles. The van der Waals surface area contributed by atoms with Crippen LogP contribution in [0.1, 0.15) is 46.5 Å². The van der Waals surface area contributed by atoms with Crippen molar-refractivity contribution in [2.45, 2.75) is 63.8 Å². The average Bonchev–Trinajstić information content (AvgIpc) is 2.89. The molecule has 8 nitrogen and oxygen atoms in total. The second-order valence-electron chi connectivity index (χ2n) is 10.4. The number of carbonyl (C=O) groups excluding carboxylic acids is 2. The van der Waals surface area contributed by atoms with Gasteiger partial charge in [-0.05, 0) is 56.6 Å². The Balaban J connectivity index is 0.00000306. The maximum atomic E-state index is 17.0. The summed E-state index contributed by atoms with van der Waals surface area (Å²) >= 11 is 0. The predicted octanol–water partition coefficient (Wildman–Crippen LogP) is 1.63. The molecule has 4 aliphatic rings. The molecule has 4 aliphatic carbocycles. The first-order valence-corrected chi connectivity index (χ1v) is 12.4. The number of alkyl halides is 1. The summed E-state index contributed by atoms with van der Waals surface area (Å²) in [5, 5.41) is 22.8. The van der Waals surface area contributed by atoms with Crippen LogP contribution in [0.5, 0.6) is 0 Å². The van der Waals surface area contributed by atoms with Crippen molar-refractivity contribution < 1.29 is 43.1 Å². The fraction of sp³-hybridized carbons (Fsp3) is 0.727. The number of hydrogen-bond donors (Lipinski definition) is 4. The van der Waals surface area contributed by atoms with Gasteiger partial charge in [-0.1, -0.05) is 25.5 Å². The van der Waals surface area contributed by atoms with Crippen molar-refractivity contribution in [3.63, 3.8) is 0 Å². The Morgan fingerprint density at radius 2 is 1.94 bits per heavy atom. The number of ketones is 2. The van der Waals surface area contributed by atoms with Crippen molar-refractivity contribution in [1.82, 2.24) is 0 Å². The molecule has 11 heteroatoms. The summed E-state index contributed by atoms with van der Waals surface area (Å²) in [5.41, 5.74) is -5.88. The van der Waals surface area contributed by atoms with Gasteiger partial charge in [0.25, 0.3) is 0 Å². The largest absolute Gasteiger partial charge is 0.470 e. The molecular weight excluding hydrogens is 465 g/mol. The number of halogens is 1. The van der Waals surface area contributed by atoms with Gasteiger partial charge in [-0.15, -0.1) is 0 Å². The zero-order valence-corrected chi connectivity index (χ0v) is 22.2. The van der Waals surface area contributed by atoms with E-state index in [2.05, 4.69) is 4.52 Å². The Labute approximate surface area is 214 Å². The van der Waals surface area contributed by atoms with Gasteiger partial charge in [-0.25, -0.2) is 8.96 Å². The second-order valence-corrected chi connectivity index (χ2v) is 11.6. The maximum absolute atomic E-state index is 17.0. The molecule has 0 aromatic heterocycles. The van der Waals surface area contributed by atoms with Gasteiger partial charge >= 0.3 is 7.82 Å². The minimum Gasteiger partial charge on any atom is -0.390 e. The summed E-state index contributed by atoms with van der Waals surface area (Å²) in [7, 11) is -4.93. The molecule has 0 saturated heterocycles. The van der Waals surface area contributed by atoms with E-state index in [-0.39, 0.29) is 41.8 Å². The quantitative estimate of drug-likeness (QED) is 0.341. The van der Waals surface area contributed by atoms with Gasteiger partial charge < -0.3 is 20.0 Å². The normalized spacial score (nSPS) is 46.5. The first kappa shape index (κ1) is 27.4. The number of aliphatic hydroxyl groups excluding tert-OH is 1. The summed E-state index contributed by atoms with van der Waals surface area (Å²) in [6.45, 7) is 4.00. The summed E-state index contributed by atoms with van der Waals surface area (Å²) < 4.78 is 32.5. The fourth-order valence-corrected chi connectivity index (χ4v) is 7.68. The number of carbonyl (C=O) groups is 2. The van der Waals surface area contributed by atoms with Crippen LogP contribution in [-0.2, 0) is 18.7 Å². The topological polar surface area (TPSA) is 141 Å². The molecule has 0 spiro atoms. The summed E-state index contributed by atoms with van der Waals surface area (Å²) in [6, 6.07) is 0. The van der Waals surface area contributed by atoms with E-state index < -0.39 is 66.2 Å². The third-order valence-electron chi connectivity index (χ3n) is 9.01. The van der Waals surface area contributed by atoms with E-state index in [0.717, 1.165) is 0 Å². The van der Waals surface area contributed by atoms with Crippen molar-refractivity contribution in [3.05, 3.63) is 23.8 Å². The monoisotopic (exact) mass is 495 g/mol. The standard InChI is InChI=1S/C22H30FO8P.Na/c1-12-8-16-15-5-4-13-9-14(24)6-7-19(13,2)21(15,23)17(25)10-20(16,3)22(12,27)18(26)11-31-32(28,29)30;/h6-7,9,12,15-17,25,27H,4-5,8,10-11H2,1-3H3,(H2,28,29,30);. The van der Waals surface area contributed by atoms with Gasteiger partial charge in [0.1, 0.15) is 12.2 Å². The number of phosphoric acid groups is 1. The molecule has 0 amide bonds. The van der Waals surface area contributed by atoms with Crippen LogP contribution >= 0.6 is 7.82 Å². The number of phosphoric ester groups is 1. The maximum Gasteiger partial charge on any atom is 0.470 e. The SMILES string of the molecule is CC1CC2C3CCC4=CC(=O)C=CC4(C)C3(F)C(O)CC2(C)C1(O)C(=O)COP(=O)(O)O.[Na]. The van der Waals surface area contributed by atoms with E-state index in [1.54, 1.807) is 20.8 Å².